The van der Waals surface area contributed by atoms with Crippen molar-refractivity contribution in [1.82, 2.24) is 0 Å². The second kappa shape index (κ2) is 7.81. The molecule has 4 nitrogen and oxygen atoms in total. The van der Waals surface area contributed by atoms with Crippen LogP contribution in [0.1, 0.15) is 19.4 Å². The zero-order chi connectivity index (χ0) is 12.5. The van der Waals surface area contributed by atoms with Crippen molar-refractivity contribution in [1.29, 1.82) is 0 Å². The summed E-state index contributed by atoms with van der Waals surface area (Å²) in [5.74, 6) is -0.345. The first-order chi connectivity index (χ1) is 8.18. The van der Waals surface area contributed by atoms with Gasteiger partial charge in [-0.05, 0) is 12.5 Å². The van der Waals surface area contributed by atoms with Gasteiger partial charge in [-0.25, -0.2) is 0 Å². The molecule has 1 aromatic rings. The summed E-state index contributed by atoms with van der Waals surface area (Å²) in [4.78, 5) is 10.5. The van der Waals surface area contributed by atoms with Crippen LogP contribution in [0.25, 0.3) is 0 Å². The second-order valence-electron chi connectivity index (χ2n) is 3.73. The highest BCUT2D eigenvalue weighted by atomic mass is 16.7. The molecule has 0 amide bonds. The molecule has 1 aromatic carbocycles. The van der Waals surface area contributed by atoms with Crippen LogP contribution in [0, 0.1) is 0 Å². The number of ether oxygens (including phenoxy) is 3. The first kappa shape index (κ1) is 13.7. The summed E-state index contributed by atoms with van der Waals surface area (Å²) in [5, 5.41) is 0. The Bertz CT molecular complexity index is 323. The first-order valence-electron chi connectivity index (χ1n) is 5.55. The minimum absolute atomic E-state index is 0.0226. The van der Waals surface area contributed by atoms with Gasteiger partial charge in [0.1, 0.15) is 0 Å². The Morgan fingerprint density at radius 3 is 2.65 bits per heavy atom. The third kappa shape index (κ3) is 6.71. The molecule has 94 valence electrons. The average molecular weight is 238 g/mol. The maximum atomic E-state index is 10.5. The predicted molar refractivity (Wildman–Crippen MR) is 63.3 cm³/mol. The first-order valence-corrected chi connectivity index (χ1v) is 5.55. The lowest BCUT2D eigenvalue weighted by atomic mass is 10.2. The van der Waals surface area contributed by atoms with E-state index in [4.69, 9.17) is 9.47 Å². The van der Waals surface area contributed by atoms with Crippen LogP contribution in [0.2, 0.25) is 0 Å². The average Bonchev–Trinajstić information content (AvgIpc) is 2.30. The normalized spacial score (nSPS) is 12.1. The van der Waals surface area contributed by atoms with Crippen LogP contribution in [0.5, 0.6) is 0 Å². The van der Waals surface area contributed by atoms with Gasteiger partial charge in [0.15, 0.2) is 6.79 Å². The Balaban J connectivity index is 2.08. The number of hydrogen-bond acceptors (Lipinski definition) is 4. The van der Waals surface area contributed by atoms with E-state index in [2.05, 4.69) is 4.74 Å². The van der Waals surface area contributed by atoms with E-state index in [1.54, 1.807) is 0 Å². The van der Waals surface area contributed by atoms with Crippen LogP contribution in [0.15, 0.2) is 30.3 Å². The zero-order valence-corrected chi connectivity index (χ0v) is 10.2. The fourth-order valence-electron chi connectivity index (χ4n) is 1.20. The van der Waals surface area contributed by atoms with Crippen LogP contribution < -0.4 is 0 Å². The van der Waals surface area contributed by atoms with Crippen molar-refractivity contribution >= 4 is 5.97 Å². The molecule has 0 fully saturated rings. The van der Waals surface area contributed by atoms with E-state index in [-0.39, 0.29) is 18.9 Å². The van der Waals surface area contributed by atoms with Crippen LogP contribution in [-0.4, -0.2) is 25.5 Å². The van der Waals surface area contributed by atoms with Crippen LogP contribution in [-0.2, 0) is 25.6 Å². The number of hydrogen-bond donors (Lipinski definition) is 0. The van der Waals surface area contributed by atoms with Gasteiger partial charge in [0, 0.05) is 6.92 Å². The van der Waals surface area contributed by atoms with Gasteiger partial charge in [-0.1, -0.05) is 30.3 Å². The Morgan fingerprint density at radius 2 is 2.00 bits per heavy atom. The third-order valence-electron chi connectivity index (χ3n) is 2.08. The third-order valence-corrected chi connectivity index (χ3v) is 2.08. The molecule has 0 spiro atoms. The summed E-state index contributed by atoms with van der Waals surface area (Å²) >= 11 is 0. The molecule has 0 aliphatic carbocycles. The fraction of sp³-hybridized carbons (Fsp3) is 0.462. The fourth-order valence-corrected chi connectivity index (χ4v) is 1.20. The number of carbonyl (C=O) groups is 1. The van der Waals surface area contributed by atoms with E-state index in [1.165, 1.54) is 6.92 Å². The summed E-state index contributed by atoms with van der Waals surface area (Å²) in [6.07, 6.45) is -0.0990. The van der Waals surface area contributed by atoms with Gasteiger partial charge in [-0.2, -0.15) is 0 Å². The van der Waals surface area contributed by atoms with E-state index in [1.807, 2.05) is 37.3 Å². The molecule has 4 heteroatoms. The molecular weight excluding hydrogens is 220 g/mol. The van der Waals surface area contributed by atoms with E-state index in [0.29, 0.717) is 13.2 Å². The van der Waals surface area contributed by atoms with Crippen LogP contribution in [0.3, 0.4) is 0 Å². The van der Waals surface area contributed by atoms with Crippen molar-refractivity contribution in [3.05, 3.63) is 35.9 Å². The molecule has 0 aliphatic heterocycles. The molecule has 0 heterocycles. The highest BCUT2D eigenvalue weighted by molar-refractivity contribution is 5.65. The number of benzene rings is 1. The molecule has 0 bridgehead atoms. The maximum Gasteiger partial charge on any atom is 0.304 e. The van der Waals surface area contributed by atoms with Crippen molar-refractivity contribution in [3.63, 3.8) is 0 Å². The molecular formula is C13H18O4. The molecule has 0 aromatic heterocycles. The molecule has 1 rings (SSSR count). The second-order valence-corrected chi connectivity index (χ2v) is 3.73. The standard InChI is InChI=1S/C13H18O4/c1-11(16-10-17-12(2)14)8-15-9-13-6-4-3-5-7-13/h3-7,11H,8-10H2,1-2H3. The molecule has 0 saturated heterocycles. The molecule has 0 N–H and O–H groups in total. The smallest absolute Gasteiger partial charge is 0.304 e. The van der Waals surface area contributed by atoms with Gasteiger partial charge < -0.3 is 14.2 Å². The summed E-state index contributed by atoms with van der Waals surface area (Å²) in [6, 6.07) is 9.92. The molecule has 0 saturated carbocycles. The lowest BCUT2D eigenvalue weighted by molar-refractivity contribution is -0.160. The van der Waals surface area contributed by atoms with Crippen molar-refractivity contribution in [2.75, 3.05) is 13.4 Å². The van der Waals surface area contributed by atoms with Gasteiger partial charge in [-0.15, -0.1) is 0 Å². The Kier molecular flexibility index (Phi) is 6.29. The van der Waals surface area contributed by atoms with Gasteiger partial charge in [0.2, 0.25) is 0 Å². The van der Waals surface area contributed by atoms with E-state index in [9.17, 15) is 4.79 Å². The molecule has 0 radical (unpaired) electrons. The minimum atomic E-state index is -0.345. The number of esters is 1. The van der Waals surface area contributed by atoms with Crippen molar-refractivity contribution in [2.24, 2.45) is 0 Å². The van der Waals surface area contributed by atoms with E-state index < -0.39 is 0 Å². The van der Waals surface area contributed by atoms with Gasteiger partial charge in [-0.3, -0.25) is 4.79 Å². The van der Waals surface area contributed by atoms with E-state index in [0.717, 1.165) is 5.56 Å². The number of rotatable bonds is 7. The zero-order valence-electron chi connectivity index (χ0n) is 10.2. The highest BCUT2D eigenvalue weighted by Crippen LogP contribution is 2.02. The van der Waals surface area contributed by atoms with Crippen LogP contribution >= 0.6 is 0 Å². The summed E-state index contributed by atoms with van der Waals surface area (Å²) in [6.45, 7) is 4.22. The SMILES string of the molecule is CC(=O)OCOC(C)COCc1ccccc1. The molecule has 1 atom stereocenters. The molecule has 17 heavy (non-hydrogen) atoms. The van der Waals surface area contributed by atoms with Crippen molar-refractivity contribution < 1.29 is 19.0 Å². The highest BCUT2D eigenvalue weighted by Gasteiger charge is 2.03. The molecule has 0 aliphatic rings. The lowest BCUT2D eigenvalue weighted by Gasteiger charge is -2.13. The van der Waals surface area contributed by atoms with Gasteiger partial charge >= 0.3 is 5.97 Å². The summed E-state index contributed by atoms with van der Waals surface area (Å²) in [7, 11) is 0. The van der Waals surface area contributed by atoms with Crippen LogP contribution in [0.4, 0.5) is 0 Å². The molecule has 1 unspecified atom stereocenters. The largest absolute Gasteiger partial charge is 0.439 e. The topological polar surface area (TPSA) is 44.8 Å². The Morgan fingerprint density at radius 1 is 1.29 bits per heavy atom. The Hall–Kier alpha value is -1.39. The minimum Gasteiger partial charge on any atom is -0.439 e. The maximum absolute atomic E-state index is 10.5. The number of carbonyl (C=O) groups excluding carboxylic acids is 1. The Labute approximate surface area is 101 Å². The van der Waals surface area contributed by atoms with Gasteiger partial charge in [0.05, 0.1) is 19.3 Å². The van der Waals surface area contributed by atoms with Crippen molar-refractivity contribution in [3.8, 4) is 0 Å². The summed E-state index contributed by atoms with van der Waals surface area (Å²) in [5.41, 5.74) is 1.12. The van der Waals surface area contributed by atoms with E-state index >= 15 is 0 Å². The van der Waals surface area contributed by atoms with Gasteiger partial charge in [0.25, 0.3) is 0 Å². The quantitative estimate of drug-likeness (QED) is 0.539. The summed E-state index contributed by atoms with van der Waals surface area (Å²) < 4.78 is 15.4. The lowest BCUT2D eigenvalue weighted by Crippen LogP contribution is -2.18. The van der Waals surface area contributed by atoms with Crippen molar-refractivity contribution in [2.45, 2.75) is 26.6 Å². The predicted octanol–water partition coefficient (Wildman–Crippen LogP) is 2.13. The monoisotopic (exact) mass is 238 g/mol.